The van der Waals surface area contributed by atoms with Gasteiger partial charge in [0.25, 0.3) is 0 Å². The first-order chi connectivity index (χ1) is 10.6. The zero-order valence-electron chi connectivity index (χ0n) is 14.0. The fraction of sp³-hybridized carbons (Fsp3) is 0.706. The molecule has 0 aliphatic heterocycles. The average molecular weight is 321 g/mol. The van der Waals surface area contributed by atoms with Gasteiger partial charge in [0, 0.05) is 24.5 Å². The van der Waals surface area contributed by atoms with E-state index in [0.29, 0.717) is 17.0 Å². The van der Waals surface area contributed by atoms with E-state index < -0.39 is 0 Å². The largest absolute Gasteiger partial charge is 0.342 e. The first kappa shape index (κ1) is 17.3. The molecule has 0 saturated heterocycles. The molecule has 0 atom stereocenters. The van der Waals surface area contributed by atoms with E-state index in [1.54, 1.807) is 0 Å². The van der Waals surface area contributed by atoms with E-state index in [1.807, 2.05) is 31.9 Å². The molecule has 1 amide bonds. The van der Waals surface area contributed by atoms with Gasteiger partial charge >= 0.3 is 0 Å². The number of hydrogen-bond donors (Lipinski definition) is 0. The van der Waals surface area contributed by atoms with E-state index in [2.05, 4.69) is 9.97 Å². The van der Waals surface area contributed by atoms with Gasteiger partial charge in [0.2, 0.25) is 5.91 Å². The van der Waals surface area contributed by atoms with Crippen LogP contribution in [0.25, 0.3) is 0 Å². The van der Waals surface area contributed by atoms with Crippen LogP contribution in [0.2, 0.25) is 0 Å². The molecule has 0 N–H and O–H groups in total. The fourth-order valence-electron chi connectivity index (χ4n) is 3.01. The third-order valence-corrected chi connectivity index (χ3v) is 5.13. The van der Waals surface area contributed by atoms with Crippen LogP contribution < -0.4 is 0 Å². The number of amides is 1. The Labute approximate surface area is 138 Å². The van der Waals surface area contributed by atoms with Crippen LogP contribution in [0.1, 0.15) is 56.3 Å². The number of thioether (sulfide) groups is 1. The van der Waals surface area contributed by atoms with Crippen molar-refractivity contribution in [1.29, 1.82) is 0 Å². The SMILES string of the molecule is Cc1cc(C)nc(SCC(=O)N(C)C2CCCCCCC2)n1. The molecule has 122 valence electrons. The summed E-state index contributed by atoms with van der Waals surface area (Å²) in [4.78, 5) is 23.2. The van der Waals surface area contributed by atoms with Crippen molar-refractivity contribution < 1.29 is 4.79 Å². The molecule has 0 aromatic carbocycles. The molecule has 1 heterocycles. The van der Waals surface area contributed by atoms with Crippen LogP contribution in [0.15, 0.2) is 11.2 Å². The van der Waals surface area contributed by atoms with Crippen LogP contribution in [0.4, 0.5) is 0 Å². The highest BCUT2D eigenvalue weighted by atomic mass is 32.2. The summed E-state index contributed by atoms with van der Waals surface area (Å²) in [5.41, 5.74) is 1.91. The summed E-state index contributed by atoms with van der Waals surface area (Å²) in [5, 5.41) is 0.705. The quantitative estimate of drug-likeness (QED) is 0.626. The lowest BCUT2D eigenvalue weighted by atomic mass is 9.96. The van der Waals surface area contributed by atoms with Crippen LogP contribution in [0.3, 0.4) is 0 Å². The minimum absolute atomic E-state index is 0.193. The molecule has 1 aromatic heterocycles. The number of carbonyl (C=O) groups is 1. The second kappa shape index (κ2) is 8.51. The van der Waals surface area contributed by atoms with Gasteiger partial charge in [-0.15, -0.1) is 0 Å². The molecule has 2 rings (SSSR count). The van der Waals surface area contributed by atoms with Gasteiger partial charge in [-0.2, -0.15) is 0 Å². The Bertz CT molecular complexity index is 478. The van der Waals surface area contributed by atoms with Crippen LogP contribution in [-0.2, 0) is 4.79 Å². The Morgan fingerprint density at radius 1 is 1.14 bits per heavy atom. The van der Waals surface area contributed by atoms with Crippen LogP contribution in [-0.4, -0.2) is 39.6 Å². The van der Waals surface area contributed by atoms with Crippen molar-refractivity contribution in [2.24, 2.45) is 0 Å². The Balaban J connectivity index is 1.87. The van der Waals surface area contributed by atoms with Gasteiger partial charge in [-0.3, -0.25) is 4.79 Å². The molecular formula is C17H27N3OS. The van der Waals surface area contributed by atoms with Crippen LogP contribution >= 0.6 is 11.8 Å². The molecule has 1 aliphatic rings. The van der Waals surface area contributed by atoms with Gasteiger partial charge in [-0.25, -0.2) is 9.97 Å². The topological polar surface area (TPSA) is 46.1 Å². The summed E-state index contributed by atoms with van der Waals surface area (Å²) in [6.07, 6.45) is 8.75. The average Bonchev–Trinajstić information content (AvgIpc) is 2.43. The monoisotopic (exact) mass is 321 g/mol. The molecular weight excluding hydrogens is 294 g/mol. The maximum Gasteiger partial charge on any atom is 0.233 e. The number of aryl methyl sites for hydroxylation is 2. The Kier molecular flexibility index (Phi) is 6.68. The van der Waals surface area contributed by atoms with Crippen molar-refractivity contribution in [2.75, 3.05) is 12.8 Å². The predicted octanol–water partition coefficient (Wildman–Crippen LogP) is 3.76. The Morgan fingerprint density at radius 3 is 2.27 bits per heavy atom. The molecule has 1 saturated carbocycles. The molecule has 0 bridgehead atoms. The Hall–Kier alpha value is -1.10. The van der Waals surface area contributed by atoms with Gasteiger partial charge in [-0.1, -0.05) is 43.9 Å². The highest BCUT2D eigenvalue weighted by molar-refractivity contribution is 7.99. The van der Waals surface area contributed by atoms with Crippen molar-refractivity contribution in [3.05, 3.63) is 17.5 Å². The number of nitrogens with zero attached hydrogens (tertiary/aromatic N) is 3. The minimum Gasteiger partial charge on any atom is -0.342 e. The maximum atomic E-state index is 12.4. The molecule has 5 heteroatoms. The lowest BCUT2D eigenvalue weighted by Crippen LogP contribution is -2.38. The van der Waals surface area contributed by atoms with Gasteiger partial charge in [0.05, 0.1) is 5.75 Å². The summed E-state index contributed by atoms with van der Waals surface area (Å²) >= 11 is 1.45. The van der Waals surface area contributed by atoms with Crippen LogP contribution in [0.5, 0.6) is 0 Å². The lowest BCUT2D eigenvalue weighted by Gasteiger charge is -2.29. The van der Waals surface area contributed by atoms with E-state index in [-0.39, 0.29) is 5.91 Å². The van der Waals surface area contributed by atoms with Crippen molar-refractivity contribution in [3.63, 3.8) is 0 Å². The molecule has 1 aromatic rings. The summed E-state index contributed by atoms with van der Waals surface area (Å²) in [5.74, 6) is 0.619. The standard InChI is InChI=1S/C17H27N3OS/c1-13-11-14(2)19-17(18-13)22-12-16(21)20(3)15-9-7-5-4-6-8-10-15/h11,15H,4-10,12H2,1-3H3. The molecule has 22 heavy (non-hydrogen) atoms. The smallest absolute Gasteiger partial charge is 0.233 e. The van der Waals surface area contributed by atoms with E-state index in [4.69, 9.17) is 0 Å². The molecule has 4 nitrogen and oxygen atoms in total. The van der Waals surface area contributed by atoms with Crippen molar-refractivity contribution in [1.82, 2.24) is 14.9 Å². The minimum atomic E-state index is 0.193. The lowest BCUT2D eigenvalue weighted by molar-refractivity contribution is -0.129. The van der Waals surface area contributed by atoms with Gasteiger partial charge in [-0.05, 0) is 32.8 Å². The number of aromatic nitrogens is 2. The fourth-order valence-corrected chi connectivity index (χ4v) is 3.89. The molecule has 1 fully saturated rings. The molecule has 0 radical (unpaired) electrons. The highest BCUT2D eigenvalue weighted by Crippen LogP contribution is 2.22. The third-order valence-electron chi connectivity index (χ3n) is 4.30. The van der Waals surface area contributed by atoms with E-state index in [0.717, 1.165) is 24.2 Å². The van der Waals surface area contributed by atoms with Crippen molar-refractivity contribution in [3.8, 4) is 0 Å². The normalized spacial score (nSPS) is 16.9. The number of carbonyl (C=O) groups excluding carboxylic acids is 1. The van der Waals surface area contributed by atoms with Gasteiger partial charge in [0.1, 0.15) is 0 Å². The predicted molar refractivity (Wildman–Crippen MR) is 91.1 cm³/mol. The second-order valence-electron chi connectivity index (χ2n) is 6.23. The van der Waals surface area contributed by atoms with Crippen molar-refractivity contribution >= 4 is 17.7 Å². The summed E-state index contributed by atoms with van der Waals surface area (Å²) in [7, 11) is 1.96. The van der Waals surface area contributed by atoms with E-state index >= 15 is 0 Å². The first-order valence-corrected chi connectivity index (χ1v) is 9.25. The third kappa shape index (κ3) is 5.27. The summed E-state index contributed by atoms with van der Waals surface area (Å²) < 4.78 is 0. The Morgan fingerprint density at radius 2 is 1.68 bits per heavy atom. The zero-order chi connectivity index (χ0) is 15.9. The molecule has 1 aliphatic carbocycles. The van der Waals surface area contributed by atoms with Crippen molar-refractivity contribution in [2.45, 2.75) is 70.0 Å². The molecule has 0 spiro atoms. The number of hydrogen-bond acceptors (Lipinski definition) is 4. The maximum absolute atomic E-state index is 12.4. The second-order valence-corrected chi connectivity index (χ2v) is 7.17. The molecule has 0 unspecified atom stereocenters. The van der Waals surface area contributed by atoms with Gasteiger partial charge in [0.15, 0.2) is 5.16 Å². The summed E-state index contributed by atoms with van der Waals surface area (Å²) in [6.45, 7) is 3.92. The number of rotatable bonds is 4. The zero-order valence-corrected chi connectivity index (χ0v) is 14.8. The summed E-state index contributed by atoms with van der Waals surface area (Å²) in [6, 6.07) is 2.36. The highest BCUT2D eigenvalue weighted by Gasteiger charge is 2.20. The first-order valence-electron chi connectivity index (χ1n) is 8.27. The van der Waals surface area contributed by atoms with Crippen LogP contribution in [0, 0.1) is 13.8 Å². The van der Waals surface area contributed by atoms with E-state index in [1.165, 1.54) is 43.9 Å². The van der Waals surface area contributed by atoms with E-state index in [9.17, 15) is 4.79 Å². The van der Waals surface area contributed by atoms with Gasteiger partial charge < -0.3 is 4.90 Å².